The van der Waals surface area contributed by atoms with Gasteiger partial charge >= 0.3 is 6.18 Å². The SMILES string of the molecule is C[C@@H](Nc1cnnc2ccc(N3CCN4CCOC[C@@H]4C3)cc12)c1cc(N)cc(C(F)(F)F)c1F. The average molecular weight is 491 g/mol. The molecule has 0 amide bonds. The van der Waals surface area contributed by atoms with Crippen molar-refractivity contribution in [3.63, 3.8) is 0 Å². The lowest BCUT2D eigenvalue weighted by Gasteiger charge is -2.44. The number of nitrogens with one attached hydrogen (secondary N) is 1. The minimum atomic E-state index is -4.85. The number of fused-ring (bicyclic) bond motifs is 2. The van der Waals surface area contributed by atoms with Crippen molar-refractivity contribution >= 4 is 28.0 Å². The van der Waals surface area contributed by atoms with Gasteiger partial charge in [-0.2, -0.15) is 23.4 Å². The van der Waals surface area contributed by atoms with E-state index in [1.54, 1.807) is 6.92 Å². The Labute approximate surface area is 199 Å². The van der Waals surface area contributed by atoms with Crippen molar-refractivity contribution in [2.45, 2.75) is 25.2 Å². The van der Waals surface area contributed by atoms with Crippen LogP contribution in [0.5, 0.6) is 0 Å². The summed E-state index contributed by atoms with van der Waals surface area (Å²) in [6.07, 6.45) is -3.36. The Morgan fingerprint density at radius 1 is 1.17 bits per heavy atom. The van der Waals surface area contributed by atoms with Gasteiger partial charge in [-0.1, -0.05) is 0 Å². The van der Waals surface area contributed by atoms with Gasteiger partial charge in [-0.05, 0) is 37.3 Å². The maximum absolute atomic E-state index is 14.8. The minimum Gasteiger partial charge on any atom is -0.399 e. The summed E-state index contributed by atoms with van der Waals surface area (Å²) in [6, 6.07) is 7.18. The van der Waals surface area contributed by atoms with Crippen LogP contribution in [-0.4, -0.2) is 60.5 Å². The van der Waals surface area contributed by atoms with Crippen molar-refractivity contribution in [3.05, 3.63) is 53.5 Å². The molecule has 5 rings (SSSR count). The molecule has 3 aromatic rings. The van der Waals surface area contributed by atoms with Crippen molar-refractivity contribution in [1.29, 1.82) is 0 Å². The van der Waals surface area contributed by atoms with Crippen LogP contribution in [0.1, 0.15) is 24.1 Å². The van der Waals surface area contributed by atoms with E-state index in [0.29, 0.717) is 29.9 Å². The summed E-state index contributed by atoms with van der Waals surface area (Å²) >= 11 is 0. The molecule has 2 aromatic carbocycles. The molecule has 0 saturated carbocycles. The Kier molecular flexibility index (Phi) is 6.14. The quantitative estimate of drug-likeness (QED) is 0.422. The zero-order chi connectivity index (χ0) is 24.7. The second-order valence-corrected chi connectivity index (χ2v) is 9.01. The number of hydrogen-bond donors (Lipinski definition) is 2. The number of rotatable bonds is 4. The Morgan fingerprint density at radius 3 is 2.80 bits per heavy atom. The molecule has 2 atom stereocenters. The smallest absolute Gasteiger partial charge is 0.399 e. The first kappa shape index (κ1) is 23.6. The van der Waals surface area contributed by atoms with E-state index in [1.165, 1.54) is 12.3 Å². The third-order valence-electron chi connectivity index (χ3n) is 6.69. The number of hydrogen-bond acceptors (Lipinski definition) is 7. The number of nitrogens with two attached hydrogens (primary N) is 1. The number of alkyl halides is 3. The van der Waals surface area contributed by atoms with Gasteiger partial charge in [-0.25, -0.2) is 4.39 Å². The molecule has 2 saturated heterocycles. The van der Waals surface area contributed by atoms with Gasteiger partial charge in [0.1, 0.15) is 5.82 Å². The highest BCUT2D eigenvalue weighted by molar-refractivity contribution is 5.93. The molecule has 3 heterocycles. The van der Waals surface area contributed by atoms with Crippen molar-refractivity contribution in [1.82, 2.24) is 15.1 Å². The van der Waals surface area contributed by atoms with E-state index in [1.807, 2.05) is 18.2 Å². The topological polar surface area (TPSA) is 79.5 Å². The van der Waals surface area contributed by atoms with Gasteiger partial charge in [0.05, 0.1) is 48.3 Å². The highest BCUT2D eigenvalue weighted by Gasteiger charge is 2.36. The van der Waals surface area contributed by atoms with Gasteiger partial charge in [0.15, 0.2) is 0 Å². The monoisotopic (exact) mass is 490 g/mol. The summed E-state index contributed by atoms with van der Waals surface area (Å²) in [4.78, 5) is 4.73. The van der Waals surface area contributed by atoms with E-state index >= 15 is 0 Å². The molecule has 35 heavy (non-hydrogen) atoms. The first-order chi connectivity index (χ1) is 16.7. The van der Waals surface area contributed by atoms with Crippen molar-refractivity contribution in [3.8, 4) is 0 Å². The molecule has 0 bridgehead atoms. The van der Waals surface area contributed by atoms with Crippen molar-refractivity contribution in [2.24, 2.45) is 0 Å². The van der Waals surface area contributed by atoms with Crippen LogP contribution in [-0.2, 0) is 10.9 Å². The third kappa shape index (κ3) is 4.70. The fourth-order valence-corrected chi connectivity index (χ4v) is 4.84. The van der Waals surface area contributed by atoms with Gasteiger partial charge in [-0.3, -0.25) is 4.90 Å². The van der Waals surface area contributed by atoms with E-state index in [2.05, 4.69) is 25.3 Å². The van der Waals surface area contributed by atoms with Crippen LogP contribution in [0.4, 0.5) is 34.6 Å². The van der Waals surface area contributed by atoms with Crippen LogP contribution in [0.25, 0.3) is 10.9 Å². The summed E-state index contributed by atoms with van der Waals surface area (Å²) < 4.78 is 60.3. The van der Waals surface area contributed by atoms with Gasteiger partial charge in [0, 0.05) is 48.5 Å². The molecule has 0 aliphatic carbocycles. The lowest BCUT2D eigenvalue weighted by Crippen LogP contribution is -2.58. The number of morpholine rings is 1. The Balaban J connectivity index is 1.44. The lowest BCUT2D eigenvalue weighted by molar-refractivity contribution is -0.140. The second kappa shape index (κ2) is 9.12. The fraction of sp³-hybridized carbons (Fsp3) is 0.417. The third-order valence-corrected chi connectivity index (χ3v) is 6.69. The van der Waals surface area contributed by atoms with Gasteiger partial charge in [-0.15, -0.1) is 0 Å². The molecule has 186 valence electrons. The maximum Gasteiger partial charge on any atom is 0.419 e. The van der Waals surface area contributed by atoms with Crippen LogP contribution in [0.3, 0.4) is 0 Å². The number of nitrogen functional groups attached to an aromatic ring is 1. The average Bonchev–Trinajstić information content (AvgIpc) is 2.84. The van der Waals surface area contributed by atoms with Gasteiger partial charge in [0.2, 0.25) is 0 Å². The summed E-state index contributed by atoms with van der Waals surface area (Å²) in [6.45, 7) is 6.62. The van der Waals surface area contributed by atoms with E-state index < -0.39 is 23.6 Å². The summed E-state index contributed by atoms with van der Waals surface area (Å²) in [5.41, 5.74) is 6.11. The minimum absolute atomic E-state index is 0.159. The Morgan fingerprint density at radius 2 is 2.00 bits per heavy atom. The number of anilines is 3. The number of ether oxygens (including phenoxy) is 1. The molecule has 0 unspecified atom stereocenters. The van der Waals surface area contributed by atoms with Gasteiger partial charge < -0.3 is 20.7 Å². The largest absolute Gasteiger partial charge is 0.419 e. The molecule has 2 aliphatic heterocycles. The molecule has 0 radical (unpaired) electrons. The highest BCUT2D eigenvalue weighted by atomic mass is 19.4. The zero-order valence-corrected chi connectivity index (χ0v) is 19.1. The van der Waals surface area contributed by atoms with Crippen molar-refractivity contribution < 1.29 is 22.3 Å². The molecule has 2 aliphatic rings. The molecule has 0 spiro atoms. The highest BCUT2D eigenvalue weighted by Crippen LogP contribution is 2.37. The number of aromatic nitrogens is 2. The normalized spacial score (nSPS) is 20.0. The Hall–Kier alpha value is -3.18. The first-order valence-electron chi connectivity index (χ1n) is 11.5. The molecule has 7 nitrogen and oxygen atoms in total. The molecule has 11 heteroatoms. The number of nitrogens with zero attached hydrogens (tertiary/aromatic N) is 4. The molecule has 3 N–H and O–H groups in total. The molecular weight excluding hydrogens is 464 g/mol. The lowest BCUT2D eigenvalue weighted by atomic mass is 10.0. The molecule has 2 fully saturated rings. The van der Waals surface area contributed by atoms with Crippen LogP contribution in [0.2, 0.25) is 0 Å². The number of halogens is 4. The number of piperazine rings is 1. The zero-order valence-electron chi connectivity index (χ0n) is 19.1. The maximum atomic E-state index is 14.8. The van der Waals surface area contributed by atoms with E-state index in [-0.39, 0.29) is 11.3 Å². The summed E-state index contributed by atoms with van der Waals surface area (Å²) in [5, 5.41) is 12.0. The van der Waals surface area contributed by atoms with Crippen molar-refractivity contribution in [2.75, 3.05) is 55.3 Å². The van der Waals surface area contributed by atoms with E-state index in [4.69, 9.17) is 10.5 Å². The van der Waals surface area contributed by atoms with Crippen LogP contribution < -0.4 is 16.0 Å². The van der Waals surface area contributed by atoms with Crippen LogP contribution in [0, 0.1) is 5.82 Å². The van der Waals surface area contributed by atoms with E-state index in [0.717, 1.165) is 43.9 Å². The Bertz CT molecular complexity index is 1240. The summed E-state index contributed by atoms with van der Waals surface area (Å²) in [7, 11) is 0. The molecule has 1 aromatic heterocycles. The predicted molar refractivity (Wildman–Crippen MR) is 126 cm³/mol. The predicted octanol–water partition coefficient (Wildman–Crippen LogP) is 4.06. The van der Waals surface area contributed by atoms with E-state index in [9.17, 15) is 17.6 Å². The fourth-order valence-electron chi connectivity index (χ4n) is 4.84. The van der Waals surface area contributed by atoms with Gasteiger partial charge in [0.25, 0.3) is 0 Å². The first-order valence-corrected chi connectivity index (χ1v) is 11.5. The second-order valence-electron chi connectivity index (χ2n) is 9.01. The van der Waals surface area contributed by atoms with Crippen LogP contribution >= 0.6 is 0 Å². The molecular formula is C24H26F4N6O. The van der Waals surface area contributed by atoms with Crippen LogP contribution in [0.15, 0.2) is 36.5 Å². The standard InChI is InChI=1S/C24H26F4N6O/c1-14(18-8-15(29)9-20(23(18)25)24(26,27)28)31-22-11-30-32-21-3-2-16(10-19(21)22)34-5-4-33-6-7-35-13-17(33)12-34/h2-3,8-11,14,17H,4-7,12-13,29H2,1H3,(H,31,32)/t14-,17+/m1/s1. The summed E-state index contributed by atoms with van der Waals surface area (Å²) in [5.74, 6) is -1.34. The number of benzene rings is 2.